The summed E-state index contributed by atoms with van der Waals surface area (Å²) in [5, 5.41) is 4.64. The van der Waals surface area contributed by atoms with Gasteiger partial charge in [-0.15, -0.1) is 0 Å². The van der Waals surface area contributed by atoms with Gasteiger partial charge in [0.1, 0.15) is 0 Å². The zero-order chi connectivity index (χ0) is 37.5. The van der Waals surface area contributed by atoms with Crippen molar-refractivity contribution in [2.75, 3.05) is 0 Å². The molecule has 1 aliphatic heterocycles. The number of para-hydroxylation sites is 2. The number of aromatic nitrogens is 3. The second-order valence-corrected chi connectivity index (χ2v) is 22.5. The number of fused-ring (bicyclic) bond motifs is 10. The van der Waals surface area contributed by atoms with E-state index in [2.05, 4.69) is 199 Å². The molecule has 3 aromatic heterocycles. The second kappa shape index (κ2) is 12.5. The summed E-state index contributed by atoms with van der Waals surface area (Å²) in [6.45, 7) is 0. The summed E-state index contributed by atoms with van der Waals surface area (Å²) < 4.78 is 14.1. The molecule has 0 aliphatic carbocycles. The van der Waals surface area contributed by atoms with Gasteiger partial charge in [-0.2, -0.15) is 0 Å². The van der Waals surface area contributed by atoms with E-state index in [4.69, 9.17) is 14.4 Å². The zero-order valence-corrected chi connectivity index (χ0v) is 32.9. The van der Waals surface area contributed by atoms with Crippen molar-refractivity contribution in [1.29, 1.82) is 0 Å². The van der Waals surface area contributed by atoms with Crippen molar-refractivity contribution >= 4 is 74.7 Å². The van der Waals surface area contributed by atoms with E-state index in [1.54, 1.807) is 0 Å². The second-order valence-electron chi connectivity index (χ2n) is 14.8. The third-order valence-corrected chi connectivity index (χ3v) is 21.8. The van der Waals surface area contributed by atoms with Crippen LogP contribution in [0.2, 0.25) is 0 Å². The minimum absolute atomic E-state index is 0.743. The van der Waals surface area contributed by atoms with E-state index < -0.39 is 13.3 Å². The average molecular weight is 788 g/mol. The molecule has 5 heteroatoms. The van der Waals surface area contributed by atoms with Gasteiger partial charge in [-0.05, 0) is 0 Å². The van der Waals surface area contributed by atoms with Crippen LogP contribution in [0.5, 0.6) is 0 Å². The summed E-state index contributed by atoms with van der Waals surface area (Å²) in [7, 11) is 0. The molecule has 0 radical (unpaired) electrons. The normalized spacial score (nSPS) is 13.1. The van der Waals surface area contributed by atoms with Crippen molar-refractivity contribution in [3.8, 4) is 39.5 Å². The van der Waals surface area contributed by atoms with Crippen molar-refractivity contribution in [2.24, 2.45) is 0 Å². The fourth-order valence-electron chi connectivity index (χ4n) is 9.52. The van der Waals surface area contributed by atoms with E-state index >= 15 is 0 Å². The van der Waals surface area contributed by atoms with Gasteiger partial charge in [0.05, 0.1) is 0 Å². The Hall–Kier alpha value is -7.02. The first-order valence-electron chi connectivity index (χ1n) is 19.4. The van der Waals surface area contributed by atoms with Crippen LogP contribution >= 0.6 is 0 Å². The number of furan rings is 1. The molecule has 57 heavy (non-hydrogen) atoms. The van der Waals surface area contributed by atoms with Gasteiger partial charge in [-0.25, -0.2) is 0 Å². The maximum absolute atomic E-state index is 6.45. The number of nitrogens with zero attached hydrogens (tertiary/aromatic N) is 3. The van der Waals surface area contributed by atoms with Gasteiger partial charge < -0.3 is 0 Å². The Kier molecular flexibility index (Phi) is 7.07. The first-order chi connectivity index (χ1) is 28.3. The van der Waals surface area contributed by atoms with E-state index in [0.717, 1.165) is 66.9 Å². The molecule has 0 spiro atoms. The summed E-state index contributed by atoms with van der Waals surface area (Å²) in [5.41, 5.74) is 10.5. The molecule has 4 heterocycles. The monoisotopic (exact) mass is 789 g/mol. The molecule has 0 N–H and O–H groups in total. The van der Waals surface area contributed by atoms with Gasteiger partial charge in [0.2, 0.25) is 0 Å². The van der Waals surface area contributed by atoms with E-state index in [-0.39, 0.29) is 0 Å². The van der Waals surface area contributed by atoms with Crippen LogP contribution in [-0.4, -0.2) is 27.8 Å². The molecular formula is C52H33GeN3O. The van der Waals surface area contributed by atoms with E-state index in [0.29, 0.717) is 0 Å². The average Bonchev–Trinajstić information content (AvgIpc) is 3.93. The summed E-state index contributed by atoms with van der Waals surface area (Å²) in [6, 6.07) is 72.1. The van der Waals surface area contributed by atoms with Crippen molar-refractivity contribution in [1.82, 2.24) is 14.5 Å². The van der Waals surface area contributed by atoms with Crippen LogP contribution in [0.1, 0.15) is 0 Å². The van der Waals surface area contributed by atoms with Crippen LogP contribution in [0.15, 0.2) is 205 Å². The number of rotatable bonds is 5. The molecule has 0 atom stereocenters. The predicted octanol–water partition coefficient (Wildman–Crippen LogP) is 10.2. The fraction of sp³-hybridized carbons (Fsp3) is 0. The Morgan fingerprint density at radius 1 is 0.474 bits per heavy atom. The van der Waals surface area contributed by atoms with E-state index in [1.165, 1.54) is 34.1 Å². The SMILES string of the molecule is c1ccc(-c2nc(-c3cccc(-n4c5ccccc5c5ccc6oc7ccccc7c6c54)c3)c3[c](n2)[Ge]([c]2ccccc2)([c]2ccccc2)[c]2ccccc2-3)cc1. The Morgan fingerprint density at radius 3 is 1.91 bits per heavy atom. The molecule has 1 aliphatic rings. The molecule has 0 unspecified atom stereocenters. The van der Waals surface area contributed by atoms with E-state index in [9.17, 15) is 0 Å². The summed E-state index contributed by atoms with van der Waals surface area (Å²) in [4.78, 5) is 11.3. The molecule has 0 fully saturated rings. The zero-order valence-electron chi connectivity index (χ0n) is 30.8. The van der Waals surface area contributed by atoms with Gasteiger partial charge in [-0.1, -0.05) is 6.07 Å². The molecule has 0 saturated carbocycles. The Labute approximate surface area is 331 Å². The van der Waals surface area contributed by atoms with Gasteiger partial charge >= 0.3 is 327 Å². The van der Waals surface area contributed by atoms with Crippen molar-refractivity contribution in [3.63, 3.8) is 0 Å². The van der Waals surface area contributed by atoms with Crippen LogP contribution in [0.3, 0.4) is 0 Å². The van der Waals surface area contributed by atoms with Gasteiger partial charge in [0.25, 0.3) is 0 Å². The van der Waals surface area contributed by atoms with Crippen molar-refractivity contribution in [2.45, 2.75) is 0 Å². The fourth-order valence-corrected chi connectivity index (χ4v) is 20.0. The molecule has 11 aromatic rings. The van der Waals surface area contributed by atoms with Crippen LogP contribution in [-0.2, 0) is 0 Å². The summed E-state index contributed by atoms with van der Waals surface area (Å²) in [6.07, 6.45) is 0. The summed E-state index contributed by atoms with van der Waals surface area (Å²) >= 11 is -3.69. The predicted molar refractivity (Wildman–Crippen MR) is 237 cm³/mol. The number of hydrogen-bond donors (Lipinski definition) is 0. The molecule has 0 amide bonds. The van der Waals surface area contributed by atoms with Crippen LogP contribution in [0.25, 0.3) is 83.2 Å². The third-order valence-electron chi connectivity index (χ3n) is 11.9. The van der Waals surface area contributed by atoms with E-state index in [1.807, 2.05) is 6.07 Å². The van der Waals surface area contributed by atoms with Gasteiger partial charge in [-0.3, -0.25) is 0 Å². The third kappa shape index (κ3) is 4.62. The van der Waals surface area contributed by atoms with Crippen molar-refractivity contribution in [3.05, 3.63) is 200 Å². The topological polar surface area (TPSA) is 43.9 Å². The molecule has 0 bridgehead atoms. The number of benzene rings is 8. The standard InChI is InChI=1S/C52H33GeN3O/c1-4-17-34(18-5-1)52-54-49(48-41-26-10-13-28-43(41)53(51(48)55-52,36-20-6-2-7-21-36)37-22-8-3-9-23-37)35-19-16-24-38(33-35)56-44-29-14-11-25-39(44)40-31-32-46-47(50(40)56)42-27-12-15-30-45(42)57-46/h1-33H. The maximum atomic E-state index is 6.45. The molecule has 266 valence electrons. The number of hydrogen-bond acceptors (Lipinski definition) is 3. The first kappa shape index (κ1) is 32.2. The molecule has 4 nitrogen and oxygen atoms in total. The Morgan fingerprint density at radius 2 is 1.12 bits per heavy atom. The molecule has 8 aromatic carbocycles. The first-order valence-corrected chi connectivity index (χ1v) is 23.6. The molecule has 12 rings (SSSR count). The van der Waals surface area contributed by atoms with Crippen LogP contribution < -0.4 is 17.7 Å². The van der Waals surface area contributed by atoms with Gasteiger partial charge in [0.15, 0.2) is 0 Å². The Balaban J connectivity index is 1.19. The molecular weight excluding hydrogens is 755 g/mol. The molecule has 0 saturated heterocycles. The minimum atomic E-state index is -3.69. The Bertz CT molecular complexity index is 3310. The summed E-state index contributed by atoms with van der Waals surface area (Å²) in [5.74, 6) is 0.743. The van der Waals surface area contributed by atoms with Gasteiger partial charge in [0, 0.05) is 0 Å². The van der Waals surface area contributed by atoms with Crippen LogP contribution in [0, 0.1) is 0 Å². The van der Waals surface area contributed by atoms with Crippen molar-refractivity contribution < 1.29 is 4.42 Å². The quantitative estimate of drug-likeness (QED) is 0.163. The van der Waals surface area contributed by atoms with Crippen LogP contribution in [0.4, 0.5) is 0 Å².